The van der Waals surface area contributed by atoms with Crippen molar-refractivity contribution in [3.8, 4) is 11.5 Å². The predicted molar refractivity (Wildman–Crippen MR) is 100 cm³/mol. The first kappa shape index (κ1) is 16.6. The number of hydrogen-bond donors (Lipinski definition) is 0. The Bertz CT molecular complexity index is 950. The predicted octanol–water partition coefficient (Wildman–Crippen LogP) is 2.71. The Kier molecular flexibility index (Phi) is 3.84. The van der Waals surface area contributed by atoms with Crippen LogP contribution in [0.4, 0.5) is 0 Å². The van der Waals surface area contributed by atoms with Gasteiger partial charge in [-0.2, -0.15) is 0 Å². The van der Waals surface area contributed by atoms with Crippen molar-refractivity contribution in [3.63, 3.8) is 0 Å². The van der Waals surface area contributed by atoms with Crippen LogP contribution in [0.3, 0.4) is 0 Å². The van der Waals surface area contributed by atoms with E-state index in [9.17, 15) is 4.79 Å². The number of thiazole rings is 1. The number of carbonyl (C=O) groups excluding carboxylic acids is 1. The summed E-state index contributed by atoms with van der Waals surface area (Å²) < 4.78 is 5.97. The first-order valence-electron chi connectivity index (χ1n) is 8.90. The van der Waals surface area contributed by atoms with Crippen molar-refractivity contribution in [2.24, 2.45) is 5.41 Å². The minimum atomic E-state index is 0.0251. The van der Waals surface area contributed by atoms with Gasteiger partial charge in [0.15, 0.2) is 0 Å². The first-order chi connectivity index (χ1) is 13.1. The molecule has 1 unspecified atom stereocenters. The van der Waals surface area contributed by atoms with E-state index in [1.165, 1.54) is 11.3 Å². The number of amides is 1. The van der Waals surface area contributed by atoms with Gasteiger partial charge in [-0.05, 0) is 25.6 Å². The summed E-state index contributed by atoms with van der Waals surface area (Å²) in [5.74, 6) is 1.23. The number of rotatable bonds is 3. The monoisotopic (exact) mass is 381 g/mol. The Morgan fingerprint density at radius 1 is 1.22 bits per heavy atom. The van der Waals surface area contributed by atoms with E-state index < -0.39 is 0 Å². The van der Waals surface area contributed by atoms with Crippen LogP contribution in [0.25, 0.3) is 11.5 Å². The van der Waals surface area contributed by atoms with Crippen LogP contribution in [0.1, 0.15) is 28.8 Å². The third-order valence-corrected chi connectivity index (χ3v) is 6.07. The van der Waals surface area contributed by atoms with Crippen molar-refractivity contribution in [2.45, 2.75) is 12.5 Å². The zero-order valence-electron chi connectivity index (χ0n) is 14.9. The quantitative estimate of drug-likeness (QED) is 0.694. The summed E-state index contributed by atoms with van der Waals surface area (Å²) in [7, 11) is 2.08. The molecule has 1 amide bonds. The van der Waals surface area contributed by atoms with Crippen LogP contribution < -0.4 is 0 Å². The maximum atomic E-state index is 12.4. The Labute approximate surface area is 160 Å². The molecule has 0 radical (unpaired) electrons. The zero-order chi connectivity index (χ0) is 18.4. The van der Waals surface area contributed by atoms with Gasteiger partial charge in [-0.1, -0.05) is 18.2 Å². The third kappa shape index (κ3) is 2.85. The number of nitrogens with zero attached hydrogens (tertiary/aromatic N) is 5. The molecule has 2 aliphatic rings. The van der Waals surface area contributed by atoms with Gasteiger partial charge in [0.2, 0.25) is 11.8 Å². The molecule has 1 atom stereocenters. The summed E-state index contributed by atoms with van der Waals surface area (Å²) in [5.41, 5.74) is 3.27. The van der Waals surface area contributed by atoms with Crippen LogP contribution in [-0.4, -0.2) is 57.6 Å². The van der Waals surface area contributed by atoms with Crippen molar-refractivity contribution < 1.29 is 9.21 Å². The Balaban J connectivity index is 1.29. The maximum Gasteiger partial charge on any atom is 0.273 e. The van der Waals surface area contributed by atoms with Crippen LogP contribution >= 0.6 is 11.3 Å². The average Bonchev–Trinajstić information content (AvgIpc) is 3.40. The van der Waals surface area contributed by atoms with E-state index in [0.717, 1.165) is 31.6 Å². The van der Waals surface area contributed by atoms with E-state index in [-0.39, 0.29) is 17.4 Å². The summed E-state index contributed by atoms with van der Waals surface area (Å²) in [4.78, 5) is 20.7. The van der Waals surface area contributed by atoms with Crippen molar-refractivity contribution in [3.05, 3.63) is 52.8 Å². The van der Waals surface area contributed by atoms with Gasteiger partial charge in [-0.15, -0.1) is 21.5 Å². The average molecular weight is 381 g/mol. The standard InChI is InChI=1S/C19H19N5O2S/c1-23-9-19(10-24(11-19)18(25)14-8-27-12-20-14)7-15(23)17-22-21-16(26-17)13-5-3-2-4-6-13/h2-6,8,12,15H,7,9-11H2,1H3. The molecule has 138 valence electrons. The molecular formula is C19H19N5O2S. The van der Waals surface area contributed by atoms with Crippen LogP contribution in [0.15, 0.2) is 45.6 Å². The first-order valence-corrected chi connectivity index (χ1v) is 9.84. The Morgan fingerprint density at radius 3 is 2.78 bits per heavy atom. The molecule has 2 fully saturated rings. The highest BCUT2D eigenvalue weighted by Crippen LogP contribution is 2.47. The highest BCUT2D eigenvalue weighted by molar-refractivity contribution is 7.07. The molecule has 0 saturated carbocycles. The molecular weight excluding hydrogens is 362 g/mol. The number of hydrogen-bond acceptors (Lipinski definition) is 7. The van der Waals surface area contributed by atoms with Gasteiger partial charge < -0.3 is 9.32 Å². The molecule has 0 bridgehead atoms. The molecule has 5 rings (SSSR count). The van der Waals surface area contributed by atoms with Crippen molar-refractivity contribution >= 4 is 17.2 Å². The largest absolute Gasteiger partial charge is 0.419 e. The second kappa shape index (κ2) is 6.24. The van der Waals surface area contributed by atoms with Crippen molar-refractivity contribution in [1.29, 1.82) is 0 Å². The number of aromatic nitrogens is 3. The highest BCUT2D eigenvalue weighted by atomic mass is 32.1. The highest BCUT2D eigenvalue weighted by Gasteiger charge is 2.53. The fourth-order valence-corrected chi connectivity index (χ4v) is 4.75. The number of benzene rings is 1. The van der Waals surface area contributed by atoms with Crippen LogP contribution in [0.2, 0.25) is 0 Å². The van der Waals surface area contributed by atoms with E-state index in [0.29, 0.717) is 17.5 Å². The normalized spacial score (nSPS) is 21.5. The fourth-order valence-electron chi connectivity index (χ4n) is 4.23. The third-order valence-electron chi connectivity index (χ3n) is 5.48. The summed E-state index contributed by atoms with van der Waals surface area (Å²) >= 11 is 1.45. The fraction of sp³-hybridized carbons (Fsp3) is 0.368. The van der Waals surface area contributed by atoms with Gasteiger partial charge in [0.05, 0.1) is 11.6 Å². The Morgan fingerprint density at radius 2 is 2.04 bits per heavy atom. The lowest BCUT2D eigenvalue weighted by Gasteiger charge is -2.47. The molecule has 2 saturated heterocycles. The molecule has 2 aromatic heterocycles. The number of likely N-dealkylation sites (tertiary alicyclic amines) is 2. The molecule has 7 nitrogen and oxygen atoms in total. The lowest BCUT2D eigenvalue weighted by molar-refractivity contribution is 0.0111. The van der Waals surface area contributed by atoms with E-state index >= 15 is 0 Å². The maximum absolute atomic E-state index is 12.4. The van der Waals surface area contributed by atoms with Crippen molar-refractivity contribution in [2.75, 3.05) is 26.7 Å². The minimum Gasteiger partial charge on any atom is -0.419 e. The SMILES string of the molecule is CN1CC2(CC1c1nnc(-c3ccccc3)o1)CN(C(=O)c1cscn1)C2. The molecule has 0 aliphatic carbocycles. The van der Waals surface area contributed by atoms with Gasteiger partial charge in [-0.3, -0.25) is 9.69 Å². The van der Waals surface area contributed by atoms with E-state index in [1.807, 2.05) is 35.2 Å². The van der Waals surface area contributed by atoms with E-state index in [1.54, 1.807) is 10.9 Å². The van der Waals surface area contributed by atoms with Gasteiger partial charge >= 0.3 is 0 Å². The lowest BCUT2D eigenvalue weighted by atomic mass is 9.77. The molecule has 4 heterocycles. The second-order valence-corrected chi connectivity index (χ2v) is 8.20. The topological polar surface area (TPSA) is 75.4 Å². The summed E-state index contributed by atoms with van der Waals surface area (Å²) in [5, 5.41) is 10.3. The van der Waals surface area contributed by atoms with Crippen LogP contribution in [-0.2, 0) is 0 Å². The summed E-state index contributed by atoms with van der Waals surface area (Å²) in [6.45, 7) is 2.43. The Hall–Kier alpha value is -2.58. The molecule has 2 aliphatic heterocycles. The van der Waals surface area contributed by atoms with Gasteiger partial charge in [0.1, 0.15) is 5.69 Å². The van der Waals surface area contributed by atoms with Crippen molar-refractivity contribution in [1.82, 2.24) is 25.0 Å². The lowest BCUT2D eigenvalue weighted by Crippen LogP contribution is -2.59. The smallest absolute Gasteiger partial charge is 0.273 e. The summed E-state index contributed by atoms with van der Waals surface area (Å²) in [6.07, 6.45) is 0.917. The van der Waals surface area contributed by atoms with E-state index in [4.69, 9.17) is 4.42 Å². The zero-order valence-corrected chi connectivity index (χ0v) is 15.7. The summed E-state index contributed by atoms with van der Waals surface area (Å²) in [6, 6.07) is 9.89. The molecule has 1 spiro atoms. The molecule has 8 heteroatoms. The minimum absolute atomic E-state index is 0.0251. The van der Waals surface area contributed by atoms with Gasteiger partial charge in [0, 0.05) is 36.0 Å². The van der Waals surface area contributed by atoms with Gasteiger partial charge in [-0.25, -0.2) is 4.98 Å². The number of carbonyl (C=O) groups is 1. The molecule has 1 aromatic carbocycles. The molecule has 3 aromatic rings. The van der Waals surface area contributed by atoms with Crippen LogP contribution in [0, 0.1) is 5.41 Å². The van der Waals surface area contributed by atoms with Crippen LogP contribution in [0.5, 0.6) is 0 Å². The second-order valence-electron chi connectivity index (χ2n) is 7.48. The molecule has 0 N–H and O–H groups in total. The van der Waals surface area contributed by atoms with Gasteiger partial charge in [0.25, 0.3) is 5.91 Å². The molecule has 27 heavy (non-hydrogen) atoms. The van der Waals surface area contributed by atoms with E-state index in [2.05, 4.69) is 27.1 Å².